The SMILES string of the molecule is C=C(C)C1CC=C(C)CC1.O=C(O)CC(O)(CC(=O)O)C(=O)O. The average molecular weight is 328 g/mol. The molecule has 130 valence electrons. The Hall–Kier alpha value is -2.15. The van der Waals surface area contributed by atoms with E-state index in [1.54, 1.807) is 5.57 Å². The summed E-state index contributed by atoms with van der Waals surface area (Å²) in [5, 5.41) is 33.8. The molecule has 1 aliphatic rings. The molecule has 0 spiro atoms. The van der Waals surface area contributed by atoms with Crippen molar-refractivity contribution in [3.05, 3.63) is 23.8 Å². The summed E-state index contributed by atoms with van der Waals surface area (Å²) in [5.74, 6) is -4.25. The van der Waals surface area contributed by atoms with Crippen LogP contribution >= 0.6 is 0 Å². The highest BCUT2D eigenvalue weighted by Crippen LogP contribution is 2.27. The van der Waals surface area contributed by atoms with E-state index >= 15 is 0 Å². The third-order valence-corrected chi connectivity index (χ3v) is 3.62. The van der Waals surface area contributed by atoms with Gasteiger partial charge in [-0.05, 0) is 39.0 Å². The quantitative estimate of drug-likeness (QED) is 0.549. The molecule has 1 aliphatic carbocycles. The minimum absolute atomic E-state index is 0.767. The standard InChI is InChI=1S/C10H16.C6H8O7/c1-8(2)10-6-4-9(3)5-7-10;7-3(8)1-6(13,5(11)12)2-4(9)10/h4,10H,1,5-7H2,2-3H3;13H,1-2H2,(H,7,8)(H,9,10)(H,11,12). The molecular formula is C16H24O7. The van der Waals surface area contributed by atoms with Gasteiger partial charge in [-0.25, -0.2) is 4.79 Å². The van der Waals surface area contributed by atoms with Gasteiger partial charge >= 0.3 is 17.9 Å². The summed E-state index contributed by atoms with van der Waals surface area (Å²) in [5.41, 5.74) is 0.166. The number of hydrogen-bond acceptors (Lipinski definition) is 4. The maximum atomic E-state index is 10.3. The molecule has 0 aromatic carbocycles. The van der Waals surface area contributed by atoms with Gasteiger partial charge in [-0.3, -0.25) is 9.59 Å². The topological polar surface area (TPSA) is 132 Å². The molecule has 0 saturated carbocycles. The molecule has 23 heavy (non-hydrogen) atoms. The highest BCUT2D eigenvalue weighted by Gasteiger charge is 2.40. The highest BCUT2D eigenvalue weighted by molar-refractivity contribution is 5.88. The van der Waals surface area contributed by atoms with Crippen LogP contribution in [0.25, 0.3) is 0 Å². The second-order valence-corrected chi connectivity index (χ2v) is 5.85. The lowest BCUT2D eigenvalue weighted by atomic mass is 9.86. The van der Waals surface area contributed by atoms with E-state index in [4.69, 9.17) is 20.4 Å². The van der Waals surface area contributed by atoms with Gasteiger partial charge in [0.1, 0.15) is 0 Å². The monoisotopic (exact) mass is 328 g/mol. The molecule has 0 heterocycles. The van der Waals surface area contributed by atoms with Gasteiger partial charge < -0.3 is 20.4 Å². The lowest BCUT2D eigenvalue weighted by Crippen LogP contribution is -2.42. The van der Waals surface area contributed by atoms with Crippen LogP contribution in [0.15, 0.2) is 23.8 Å². The Morgan fingerprint density at radius 1 is 1.22 bits per heavy atom. The summed E-state index contributed by atoms with van der Waals surface area (Å²) in [6.07, 6.45) is 3.88. The van der Waals surface area contributed by atoms with Crippen LogP contribution in [-0.4, -0.2) is 43.9 Å². The number of carboxylic acid groups (broad SMARTS) is 3. The Kier molecular flexibility index (Phi) is 8.24. The van der Waals surface area contributed by atoms with Crippen LogP contribution in [0.2, 0.25) is 0 Å². The van der Waals surface area contributed by atoms with Gasteiger partial charge in [-0.1, -0.05) is 23.8 Å². The molecule has 0 bridgehead atoms. The maximum absolute atomic E-state index is 10.3. The van der Waals surface area contributed by atoms with E-state index in [0.717, 1.165) is 5.92 Å². The van der Waals surface area contributed by atoms with Gasteiger partial charge in [0.25, 0.3) is 0 Å². The van der Waals surface area contributed by atoms with Gasteiger partial charge in [0.05, 0.1) is 12.8 Å². The summed E-state index contributed by atoms with van der Waals surface area (Å²) >= 11 is 0. The molecule has 4 N–H and O–H groups in total. The summed E-state index contributed by atoms with van der Waals surface area (Å²) in [6, 6.07) is 0. The van der Waals surface area contributed by atoms with Crippen LogP contribution < -0.4 is 0 Å². The summed E-state index contributed by atoms with van der Waals surface area (Å²) in [6.45, 7) is 8.33. The zero-order valence-corrected chi connectivity index (χ0v) is 13.4. The van der Waals surface area contributed by atoms with Crippen molar-refractivity contribution < 1.29 is 34.8 Å². The molecule has 0 radical (unpaired) electrons. The summed E-state index contributed by atoms with van der Waals surface area (Å²) < 4.78 is 0. The van der Waals surface area contributed by atoms with Crippen LogP contribution in [0.4, 0.5) is 0 Å². The van der Waals surface area contributed by atoms with Crippen molar-refractivity contribution in [2.24, 2.45) is 5.92 Å². The van der Waals surface area contributed by atoms with Gasteiger partial charge in [-0.15, -0.1) is 0 Å². The molecule has 0 saturated heterocycles. The van der Waals surface area contributed by atoms with E-state index in [9.17, 15) is 14.4 Å². The molecule has 1 unspecified atom stereocenters. The Bertz CT molecular complexity index is 489. The van der Waals surface area contributed by atoms with Crippen molar-refractivity contribution in [3.63, 3.8) is 0 Å². The van der Waals surface area contributed by atoms with Crippen molar-refractivity contribution in [2.45, 2.75) is 51.6 Å². The van der Waals surface area contributed by atoms with Crippen molar-refractivity contribution in [1.29, 1.82) is 0 Å². The number of aliphatic carboxylic acids is 3. The van der Waals surface area contributed by atoms with E-state index < -0.39 is 36.4 Å². The van der Waals surface area contributed by atoms with Crippen LogP contribution in [0.3, 0.4) is 0 Å². The molecule has 7 nitrogen and oxygen atoms in total. The molecule has 0 aromatic heterocycles. The van der Waals surface area contributed by atoms with Crippen LogP contribution in [0.5, 0.6) is 0 Å². The number of aliphatic hydroxyl groups is 1. The molecule has 1 atom stereocenters. The number of rotatable bonds is 6. The molecule has 1 rings (SSSR count). The molecular weight excluding hydrogens is 304 g/mol. The zero-order chi connectivity index (χ0) is 18.2. The fourth-order valence-electron chi connectivity index (χ4n) is 2.13. The maximum Gasteiger partial charge on any atom is 0.336 e. The number of carboxylic acids is 3. The minimum Gasteiger partial charge on any atom is -0.481 e. The Balaban J connectivity index is 0.000000433. The lowest BCUT2D eigenvalue weighted by Gasteiger charge is -2.19. The highest BCUT2D eigenvalue weighted by atomic mass is 16.4. The van der Waals surface area contributed by atoms with E-state index in [0.29, 0.717) is 0 Å². The van der Waals surface area contributed by atoms with Gasteiger partial charge in [0, 0.05) is 0 Å². The van der Waals surface area contributed by atoms with E-state index in [1.165, 1.54) is 24.8 Å². The second kappa shape index (κ2) is 9.09. The Morgan fingerprint density at radius 3 is 1.96 bits per heavy atom. The van der Waals surface area contributed by atoms with Crippen molar-refractivity contribution in [1.82, 2.24) is 0 Å². The Morgan fingerprint density at radius 2 is 1.70 bits per heavy atom. The molecule has 0 amide bonds. The summed E-state index contributed by atoms with van der Waals surface area (Å²) in [7, 11) is 0. The molecule has 0 aromatic rings. The normalized spacial score (nSPS) is 17.3. The average Bonchev–Trinajstić information content (AvgIpc) is 2.37. The van der Waals surface area contributed by atoms with E-state index in [2.05, 4.69) is 26.5 Å². The summed E-state index contributed by atoms with van der Waals surface area (Å²) in [4.78, 5) is 30.5. The predicted octanol–water partition coefficient (Wildman–Crippen LogP) is 2.06. The van der Waals surface area contributed by atoms with Gasteiger partial charge in [0.2, 0.25) is 0 Å². The van der Waals surface area contributed by atoms with Crippen LogP contribution in [0.1, 0.15) is 46.0 Å². The van der Waals surface area contributed by atoms with Crippen molar-refractivity contribution >= 4 is 17.9 Å². The lowest BCUT2D eigenvalue weighted by molar-refractivity contribution is -0.170. The minimum atomic E-state index is -2.74. The fourth-order valence-corrected chi connectivity index (χ4v) is 2.13. The fraction of sp³-hybridized carbons (Fsp3) is 0.562. The van der Waals surface area contributed by atoms with Crippen molar-refractivity contribution in [2.75, 3.05) is 0 Å². The number of hydrogen-bond donors (Lipinski definition) is 4. The van der Waals surface area contributed by atoms with E-state index in [1.807, 2.05) is 0 Å². The predicted molar refractivity (Wildman–Crippen MR) is 83.0 cm³/mol. The van der Waals surface area contributed by atoms with Crippen LogP contribution in [-0.2, 0) is 14.4 Å². The van der Waals surface area contributed by atoms with Gasteiger partial charge in [-0.2, -0.15) is 0 Å². The van der Waals surface area contributed by atoms with Gasteiger partial charge in [0.15, 0.2) is 5.60 Å². The van der Waals surface area contributed by atoms with E-state index in [-0.39, 0.29) is 0 Å². The third kappa shape index (κ3) is 8.15. The molecule has 0 aliphatic heterocycles. The number of allylic oxidation sites excluding steroid dienone is 3. The largest absolute Gasteiger partial charge is 0.481 e. The third-order valence-electron chi connectivity index (χ3n) is 3.62. The molecule has 0 fully saturated rings. The second-order valence-electron chi connectivity index (χ2n) is 5.85. The first-order chi connectivity index (χ1) is 10.5. The first kappa shape index (κ1) is 20.9. The van der Waals surface area contributed by atoms with Crippen molar-refractivity contribution in [3.8, 4) is 0 Å². The van der Waals surface area contributed by atoms with Crippen LogP contribution in [0, 0.1) is 5.92 Å². The zero-order valence-electron chi connectivity index (χ0n) is 13.4. The first-order valence-electron chi connectivity index (χ1n) is 7.18. The first-order valence-corrected chi connectivity index (χ1v) is 7.18. The molecule has 7 heteroatoms. The smallest absolute Gasteiger partial charge is 0.336 e. The number of carbonyl (C=O) groups is 3. The Labute approximate surface area is 134 Å².